The van der Waals surface area contributed by atoms with Crippen molar-refractivity contribution in [2.45, 2.75) is 12.8 Å². The van der Waals surface area contributed by atoms with E-state index in [1.54, 1.807) is 0 Å². The van der Waals surface area contributed by atoms with Gasteiger partial charge < -0.3 is 15.8 Å². The molecular weight excluding hydrogens is 316 g/mol. The summed E-state index contributed by atoms with van der Waals surface area (Å²) in [5.74, 6) is -0.175. The molecule has 2 amide bonds. The fourth-order valence-corrected chi connectivity index (χ4v) is 1.98. The Morgan fingerprint density at radius 2 is 2.17 bits per heavy atom. The molecule has 0 radical (unpaired) electrons. The number of amides is 2. The highest BCUT2D eigenvalue weighted by atomic mass is 16.6. The summed E-state index contributed by atoms with van der Waals surface area (Å²) in [5, 5.41) is 19.1. The van der Waals surface area contributed by atoms with E-state index in [9.17, 15) is 9.59 Å². The van der Waals surface area contributed by atoms with Crippen molar-refractivity contribution in [1.29, 1.82) is 5.26 Å². The molecule has 0 saturated heterocycles. The van der Waals surface area contributed by atoms with Gasteiger partial charge in [-0.25, -0.2) is 19.4 Å². The van der Waals surface area contributed by atoms with Crippen molar-refractivity contribution in [2.75, 3.05) is 5.32 Å². The van der Waals surface area contributed by atoms with Crippen molar-refractivity contribution in [1.82, 2.24) is 25.0 Å². The summed E-state index contributed by atoms with van der Waals surface area (Å²) in [6.07, 6.45) is 2.70. The Bertz CT molecular complexity index is 847. The Labute approximate surface area is 135 Å². The second kappa shape index (κ2) is 5.58. The second-order valence-electron chi connectivity index (χ2n) is 5.22. The van der Waals surface area contributed by atoms with E-state index >= 15 is 0 Å². The van der Waals surface area contributed by atoms with Crippen LogP contribution in [0.3, 0.4) is 0 Å². The minimum atomic E-state index is -1.01. The van der Waals surface area contributed by atoms with Crippen LogP contribution in [0, 0.1) is 16.7 Å². The van der Waals surface area contributed by atoms with Gasteiger partial charge in [0.1, 0.15) is 11.1 Å². The highest BCUT2D eigenvalue weighted by molar-refractivity contribution is 5.98. The van der Waals surface area contributed by atoms with Crippen molar-refractivity contribution < 1.29 is 14.3 Å². The van der Waals surface area contributed by atoms with Gasteiger partial charge in [0, 0.05) is 7.05 Å². The molecule has 1 saturated carbocycles. The number of ether oxygens (including phenoxy) is 1. The van der Waals surface area contributed by atoms with Gasteiger partial charge >= 0.3 is 6.09 Å². The van der Waals surface area contributed by atoms with Crippen molar-refractivity contribution in [3.63, 3.8) is 0 Å². The van der Waals surface area contributed by atoms with Crippen LogP contribution < -0.4 is 15.8 Å². The van der Waals surface area contributed by atoms with E-state index < -0.39 is 17.4 Å². The molecule has 0 unspecified atom stereocenters. The summed E-state index contributed by atoms with van der Waals surface area (Å²) in [4.78, 5) is 31.0. The first-order chi connectivity index (χ1) is 11.4. The van der Waals surface area contributed by atoms with Crippen molar-refractivity contribution in [2.24, 2.45) is 18.2 Å². The minimum absolute atomic E-state index is 0.0231. The monoisotopic (exact) mass is 328 g/mol. The number of rotatable bonds is 4. The maximum absolute atomic E-state index is 12.0. The van der Waals surface area contributed by atoms with E-state index in [0.717, 1.165) is 0 Å². The standard InChI is InChI=1S/C13H12N8O3/c1-21-10(24-12(15)23)9(19-20-21)7-4-17-8(5-16-7)18-11(22)13(6-14)2-3-13/h4-5H,2-3H2,1H3,(H2,15,23)(H,17,18,22). The molecule has 1 aliphatic rings. The van der Waals surface area contributed by atoms with Gasteiger partial charge in [0.25, 0.3) is 5.88 Å². The number of primary amides is 1. The third kappa shape index (κ3) is 2.72. The molecule has 1 aliphatic carbocycles. The largest absolute Gasteiger partial charge is 0.411 e. The van der Waals surface area contributed by atoms with Crippen LogP contribution >= 0.6 is 0 Å². The summed E-state index contributed by atoms with van der Waals surface area (Å²) in [7, 11) is 1.52. The summed E-state index contributed by atoms with van der Waals surface area (Å²) in [5.41, 5.74) is 4.50. The normalized spacial score (nSPS) is 14.5. The Balaban J connectivity index is 1.79. The van der Waals surface area contributed by atoms with Gasteiger partial charge in [-0.1, -0.05) is 5.21 Å². The zero-order valence-electron chi connectivity index (χ0n) is 12.6. The topological polar surface area (TPSA) is 162 Å². The lowest BCUT2D eigenvalue weighted by atomic mass is 10.1. The molecule has 11 heteroatoms. The molecule has 0 atom stereocenters. The molecule has 2 aromatic heterocycles. The molecule has 0 bridgehead atoms. The zero-order chi connectivity index (χ0) is 17.3. The lowest BCUT2D eigenvalue weighted by molar-refractivity contribution is -0.119. The fraction of sp³-hybridized carbons (Fsp3) is 0.308. The minimum Gasteiger partial charge on any atom is -0.389 e. The number of carbonyl (C=O) groups is 2. The zero-order valence-corrected chi connectivity index (χ0v) is 12.6. The van der Waals surface area contributed by atoms with Crippen LogP contribution in [0.2, 0.25) is 0 Å². The first kappa shape index (κ1) is 15.3. The predicted molar refractivity (Wildman–Crippen MR) is 78.2 cm³/mol. The summed E-state index contributed by atoms with van der Waals surface area (Å²) < 4.78 is 6.06. The summed E-state index contributed by atoms with van der Waals surface area (Å²) in [6.45, 7) is 0. The highest BCUT2D eigenvalue weighted by Gasteiger charge is 2.50. The predicted octanol–water partition coefficient (Wildman–Crippen LogP) is -0.0281. The lowest BCUT2D eigenvalue weighted by Crippen LogP contribution is -2.23. The van der Waals surface area contributed by atoms with Crippen LogP contribution in [-0.2, 0) is 11.8 Å². The molecule has 11 nitrogen and oxygen atoms in total. The number of nitriles is 1. The molecule has 0 aromatic carbocycles. The molecule has 1 fully saturated rings. The molecule has 0 aliphatic heterocycles. The fourth-order valence-electron chi connectivity index (χ4n) is 1.98. The SMILES string of the molecule is Cn1nnc(-c2cnc(NC(=O)C3(C#N)CC3)cn2)c1OC(N)=O. The third-order valence-corrected chi connectivity index (χ3v) is 3.51. The number of hydrogen-bond donors (Lipinski definition) is 2. The van der Waals surface area contributed by atoms with Crippen molar-refractivity contribution in [3.05, 3.63) is 12.4 Å². The number of carbonyl (C=O) groups excluding carboxylic acids is 2. The van der Waals surface area contributed by atoms with Gasteiger partial charge in [-0.15, -0.1) is 5.10 Å². The van der Waals surface area contributed by atoms with Gasteiger partial charge in [-0.05, 0) is 12.8 Å². The van der Waals surface area contributed by atoms with Crippen LogP contribution in [0.5, 0.6) is 5.88 Å². The maximum Gasteiger partial charge on any atom is 0.411 e. The van der Waals surface area contributed by atoms with E-state index in [-0.39, 0.29) is 23.1 Å². The van der Waals surface area contributed by atoms with Gasteiger partial charge in [0.2, 0.25) is 5.91 Å². The second-order valence-corrected chi connectivity index (χ2v) is 5.22. The van der Waals surface area contributed by atoms with E-state index in [4.69, 9.17) is 15.7 Å². The van der Waals surface area contributed by atoms with Crippen LogP contribution in [0.15, 0.2) is 12.4 Å². The first-order valence-corrected chi connectivity index (χ1v) is 6.87. The number of nitrogens with zero attached hydrogens (tertiary/aromatic N) is 6. The van der Waals surface area contributed by atoms with E-state index in [1.807, 2.05) is 6.07 Å². The average molecular weight is 328 g/mol. The number of hydrogen-bond acceptors (Lipinski definition) is 8. The summed E-state index contributed by atoms with van der Waals surface area (Å²) in [6, 6.07) is 2.00. The Morgan fingerprint density at radius 1 is 1.42 bits per heavy atom. The van der Waals surface area contributed by atoms with E-state index in [1.165, 1.54) is 24.1 Å². The van der Waals surface area contributed by atoms with E-state index in [2.05, 4.69) is 25.6 Å². The molecule has 122 valence electrons. The third-order valence-electron chi connectivity index (χ3n) is 3.51. The maximum atomic E-state index is 12.0. The van der Waals surface area contributed by atoms with Crippen molar-refractivity contribution >= 4 is 17.8 Å². The Kier molecular flexibility index (Phi) is 3.57. The number of nitrogens with one attached hydrogen (secondary N) is 1. The molecule has 3 N–H and O–H groups in total. The Morgan fingerprint density at radius 3 is 2.71 bits per heavy atom. The highest BCUT2D eigenvalue weighted by Crippen LogP contribution is 2.45. The van der Waals surface area contributed by atoms with Gasteiger partial charge in [-0.2, -0.15) is 5.26 Å². The molecule has 2 heterocycles. The van der Waals surface area contributed by atoms with Crippen LogP contribution in [0.25, 0.3) is 11.4 Å². The van der Waals surface area contributed by atoms with Crippen LogP contribution in [-0.4, -0.2) is 37.0 Å². The van der Waals surface area contributed by atoms with Gasteiger partial charge in [-0.3, -0.25) is 4.79 Å². The van der Waals surface area contributed by atoms with Crippen molar-refractivity contribution in [3.8, 4) is 23.3 Å². The molecule has 2 aromatic rings. The molecule has 0 spiro atoms. The molecule has 3 rings (SSSR count). The Hall–Kier alpha value is -3.55. The first-order valence-electron chi connectivity index (χ1n) is 6.87. The van der Waals surface area contributed by atoms with Crippen LogP contribution in [0.1, 0.15) is 12.8 Å². The van der Waals surface area contributed by atoms with Crippen LogP contribution in [0.4, 0.5) is 10.6 Å². The van der Waals surface area contributed by atoms with Gasteiger partial charge in [0.05, 0.1) is 18.5 Å². The van der Waals surface area contributed by atoms with Gasteiger partial charge in [0.15, 0.2) is 11.5 Å². The molecular formula is C13H12N8O3. The average Bonchev–Trinajstić information content (AvgIpc) is 3.29. The summed E-state index contributed by atoms with van der Waals surface area (Å²) >= 11 is 0. The number of nitrogens with two attached hydrogens (primary N) is 1. The molecule has 24 heavy (non-hydrogen) atoms. The quantitative estimate of drug-likeness (QED) is 0.790. The van der Waals surface area contributed by atoms with E-state index in [0.29, 0.717) is 12.8 Å². The lowest BCUT2D eigenvalue weighted by Gasteiger charge is -2.07. The number of anilines is 1. The smallest absolute Gasteiger partial charge is 0.389 e. The number of aryl methyl sites for hydroxylation is 1. The number of aromatic nitrogens is 5.